The van der Waals surface area contributed by atoms with E-state index in [0.29, 0.717) is 55.2 Å². The van der Waals surface area contributed by atoms with Crippen molar-refractivity contribution in [2.75, 3.05) is 25.6 Å². The van der Waals surface area contributed by atoms with Crippen LogP contribution in [0.2, 0.25) is 0 Å². The van der Waals surface area contributed by atoms with E-state index in [2.05, 4.69) is 26.3 Å². The number of halogens is 3. The number of hydrogen-bond donors (Lipinski definition) is 0. The van der Waals surface area contributed by atoms with Crippen LogP contribution in [-0.2, 0) is 37.6 Å². The minimum absolute atomic E-state index is 0.0380. The lowest BCUT2D eigenvalue weighted by Crippen LogP contribution is -2.30. The lowest BCUT2D eigenvalue weighted by molar-refractivity contribution is -0.143. The molecule has 0 saturated carbocycles. The van der Waals surface area contributed by atoms with Crippen LogP contribution in [0.1, 0.15) is 56.3 Å². The summed E-state index contributed by atoms with van der Waals surface area (Å²) in [5, 5.41) is 5.40. The first kappa shape index (κ1) is 36.7. The Balaban J connectivity index is 1.44. The number of carbonyl (C=O) groups is 1. The van der Waals surface area contributed by atoms with Crippen LogP contribution in [0, 0.1) is 17.0 Å². The van der Waals surface area contributed by atoms with Gasteiger partial charge in [-0.3, -0.25) is 13.4 Å². The van der Waals surface area contributed by atoms with Crippen LogP contribution < -0.4 is 4.74 Å². The summed E-state index contributed by atoms with van der Waals surface area (Å²) in [6, 6.07) is 16.9. The molecule has 0 aliphatic carbocycles. The van der Waals surface area contributed by atoms with E-state index >= 15 is 8.78 Å². The van der Waals surface area contributed by atoms with Crippen molar-refractivity contribution in [1.29, 1.82) is 0 Å². The van der Waals surface area contributed by atoms with Crippen LogP contribution in [0.25, 0.3) is 22.2 Å². The van der Waals surface area contributed by atoms with E-state index in [4.69, 9.17) is 14.2 Å². The van der Waals surface area contributed by atoms with E-state index < -0.39 is 28.2 Å². The average molecular weight is 834 g/mol. The molecule has 0 spiro atoms. The van der Waals surface area contributed by atoms with Crippen LogP contribution in [0.3, 0.4) is 0 Å². The second-order valence-corrected chi connectivity index (χ2v) is 16.2. The Labute approximate surface area is 309 Å². The Bertz CT molecular complexity index is 1980. The number of benzene rings is 3. The topological polar surface area (TPSA) is 90.6 Å². The fraction of sp³-hybridized carbons (Fsp3) is 0.351. The molecule has 0 N–H and O–H groups in total. The lowest BCUT2D eigenvalue weighted by Gasteiger charge is -2.27. The van der Waals surface area contributed by atoms with Gasteiger partial charge < -0.3 is 18.8 Å². The molecule has 0 saturated heterocycles. The first-order valence-corrected chi connectivity index (χ1v) is 21.2. The van der Waals surface area contributed by atoms with Gasteiger partial charge in [0.25, 0.3) is 0 Å². The van der Waals surface area contributed by atoms with Crippen molar-refractivity contribution >= 4 is 58.4 Å². The summed E-state index contributed by atoms with van der Waals surface area (Å²) in [6.45, 7) is 6.82. The van der Waals surface area contributed by atoms with Gasteiger partial charge in [-0.05, 0) is 72.4 Å². The quantitative estimate of drug-likeness (QED) is 0.0958. The molecule has 0 amide bonds. The normalized spacial score (nSPS) is 18.1. The van der Waals surface area contributed by atoms with E-state index in [9.17, 15) is 9.35 Å². The predicted molar refractivity (Wildman–Crippen MR) is 202 cm³/mol. The molecule has 3 heterocycles. The molecule has 2 atom stereocenters. The molecule has 264 valence electrons. The number of rotatable bonds is 6. The molecular formula is C37H38F2IN3O5S2. The average Bonchev–Trinajstić information content (AvgIpc) is 3.73. The molecule has 8 nitrogen and oxygen atoms in total. The van der Waals surface area contributed by atoms with Crippen molar-refractivity contribution in [3.8, 4) is 22.8 Å². The highest BCUT2D eigenvalue weighted by atomic mass is 127. The molecule has 6 rings (SSSR count). The van der Waals surface area contributed by atoms with Crippen molar-refractivity contribution in [2.45, 2.75) is 51.8 Å². The van der Waals surface area contributed by atoms with Gasteiger partial charge in [-0.2, -0.15) is 5.10 Å². The highest BCUT2D eigenvalue weighted by Gasteiger charge is 2.30. The van der Waals surface area contributed by atoms with Crippen molar-refractivity contribution in [1.82, 2.24) is 13.8 Å². The monoisotopic (exact) mass is 833 g/mol. The second-order valence-electron chi connectivity index (χ2n) is 13.0. The molecule has 2 aromatic heterocycles. The summed E-state index contributed by atoms with van der Waals surface area (Å²) in [7, 11) is 1.40. The van der Waals surface area contributed by atoms with Gasteiger partial charge in [0.1, 0.15) is 23.1 Å². The number of aryl methyl sites for hydroxylation is 1. The van der Waals surface area contributed by atoms with E-state index in [1.165, 1.54) is 27.3 Å². The number of nitrogens with zero attached hydrogens (tertiary/aromatic N) is 3. The maximum absolute atomic E-state index is 16.0. The minimum atomic E-state index is -1.39. The molecule has 2 unspecified atom stereocenters. The van der Waals surface area contributed by atoms with Crippen molar-refractivity contribution in [2.24, 2.45) is 5.41 Å². The van der Waals surface area contributed by atoms with E-state index in [0.717, 1.165) is 16.5 Å². The molecule has 5 aromatic rings. The highest BCUT2D eigenvalue weighted by molar-refractivity contribution is 14.2. The van der Waals surface area contributed by atoms with Crippen molar-refractivity contribution < 1.29 is 32.3 Å². The summed E-state index contributed by atoms with van der Waals surface area (Å²) in [6.07, 6.45) is 4.73. The predicted octanol–water partition coefficient (Wildman–Crippen LogP) is 9.20. The Morgan fingerprint density at radius 1 is 1.16 bits per heavy atom. The van der Waals surface area contributed by atoms with E-state index in [1.54, 1.807) is 29.9 Å². The zero-order valence-corrected chi connectivity index (χ0v) is 31.8. The van der Waals surface area contributed by atoms with E-state index in [1.807, 2.05) is 54.3 Å². The fourth-order valence-corrected chi connectivity index (χ4v) is 9.37. The number of aromatic nitrogens is 3. The lowest BCUT2D eigenvalue weighted by atomic mass is 9.97. The molecular weight excluding hydrogens is 795 g/mol. The SMILES string of the molecule is CCOC(=O)CCc1cccc(C2CCOCC(C)(C)C[S+]([O-])Cc3c(c(F)cc4c3ccn4SI)Oc3ccc(F)c(c3)-c3ccnn32)c1. The summed E-state index contributed by atoms with van der Waals surface area (Å²) in [4.78, 5) is 12.1. The molecule has 0 fully saturated rings. The second kappa shape index (κ2) is 16.1. The minimum Gasteiger partial charge on any atom is -0.616 e. The first-order valence-electron chi connectivity index (χ1n) is 16.4. The van der Waals surface area contributed by atoms with Gasteiger partial charge in [0.15, 0.2) is 11.6 Å². The molecule has 50 heavy (non-hydrogen) atoms. The number of hydrogen-bond acceptors (Lipinski definition) is 7. The Hall–Kier alpha value is -3.11. The van der Waals surface area contributed by atoms with Gasteiger partial charge in [0.05, 0.1) is 36.0 Å². The molecule has 2 bridgehead atoms. The van der Waals surface area contributed by atoms with E-state index in [-0.39, 0.29) is 41.2 Å². The number of ether oxygens (including phenoxy) is 3. The van der Waals surface area contributed by atoms with Crippen LogP contribution in [-0.4, -0.2) is 49.8 Å². The third-order valence-corrected chi connectivity index (χ3v) is 12.0. The fourth-order valence-electron chi connectivity index (χ4n) is 6.35. The summed E-state index contributed by atoms with van der Waals surface area (Å²) >= 11 is 0.739. The van der Waals surface area contributed by atoms with Gasteiger partial charge >= 0.3 is 5.97 Å². The third kappa shape index (κ3) is 8.33. The van der Waals surface area contributed by atoms with Gasteiger partial charge in [-0.25, -0.2) is 8.78 Å². The maximum atomic E-state index is 16.0. The largest absolute Gasteiger partial charge is 0.616 e. The van der Waals surface area contributed by atoms with Crippen LogP contribution in [0.4, 0.5) is 8.78 Å². The third-order valence-electron chi connectivity index (χ3n) is 8.59. The summed E-state index contributed by atoms with van der Waals surface area (Å²) < 4.78 is 66.7. The number of fused-ring (bicyclic) bond motifs is 7. The van der Waals surface area contributed by atoms with Gasteiger partial charge in [-0.1, -0.05) is 38.1 Å². The van der Waals surface area contributed by atoms with Gasteiger partial charge in [-0.15, -0.1) is 0 Å². The smallest absolute Gasteiger partial charge is 0.306 e. The molecule has 13 heteroatoms. The van der Waals surface area contributed by atoms with Crippen molar-refractivity contribution in [3.05, 3.63) is 101 Å². The van der Waals surface area contributed by atoms with Crippen molar-refractivity contribution in [3.63, 3.8) is 0 Å². The highest BCUT2D eigenvalue weighted by Crippen LogP contribution is 2.40. The molecule has 3 aromatic carbocycles. The zero-order valence-electron chi connectivity index (χ0n) is 28.0. The number of carbonyl (C=O) groups excluding carboxylic acids is 1. The molecule has 0 radical (unpaired) electrons. The zero-order chi connectivity index (χ0) is 35.4. The standard InChI is InChI=1S/C37H38F2IN3O5S2/c1-4-47-35(44)11-8-24-6-5-7-25(18-24)32-14-17-46-22-37(2,3)23-50(45)21-29-27-13-16-42(49-40)34(27)20-31(39)36(29)48-26-9-10-30(38)28(19-26)33-12-15-41-43(32)33/h5-7,9-10,12-13,15-16,18-20,32H,4,8,11,14,17,21-23H2,1-3H3. The summed E-state index contributed by atoms with van der Waals surface area (Å²) in [5.41, 5.74) is 3.30. The number of esters is 1. The Kier molecular flexibility index (Phi) is 11.8. The Morgan fingerprint density at radius 2 is 2.00 bits per heavy atom. The molecule has 1 aliphatic rings. The van der Waals surface area contributed by atoms with Crippen LogP contribution in [0.15, 0.2) is 73.1 Å². The van der Waals surface area contributed by atoms with Gasteiger partial charge in [0.2, 0.25) is 0 Å². The van der Waals surface area contributed by atoms with Gasteiger partial charge in [0, 0.05) is 78.2 Å². The molecule has 1 aliphatic heterocycles. The van der Waals surface area contributed by atoms with Crippen LogP contribution >= 0.6 is 30.3 Å². The Morgan fingerprint density at radius 3 is 2.80 bits per heavy atom. The summed E-state index contributed by atoms with van der Waals surface area (Å²) in [5.74, 6) is -0.774. The van der Waals surface area contributed by atoms with Crippen LogP contribution in [0.5, 0.6) is 11.5 Å². The maximum Gasteiger partial charge on any atom is 0.306 e. The first-order chi connectivity index (χ1) is 24.1.